The Hall–Kier alpha value is -5.28. The van der Waals surface area contributed by atoms with E-state index in [0.29, 0.717) is 35.1 Å². The monoisotopic (exact) mass is 806 g/mol. The number of unbranched alkanes of at least 4 members (excludes halogenated alkanes) is 14. The molecule has 0 fully saturated rings. The normalized spacial score (nSPS) is 12.2. The summed E-state index contributed by atoms with van der Waals surface area (Å²) in [5, 5.41) is 40.5. The highest BCUT2D eigenvalue weighted by atomic mass is 16.5. The van der Waals surface area contributed by atoms with Gasteiger partial charge in [-0.25, -0.2) is 19.2 Å². The number of carboxylic acids is 4. The Morgan fingerprint density at radius 3 is 1.05 bits per heavy atom. The predicted molar refractivity (Wildman–Crippen MR) is 231 cm³/mol. The van der Waals surface area contributed by atoms with Crippen molar-refractivity contribution in [3.05, 3.63) is 141 Å². The molecule has 0 saturated heterocycles. The Morgan fingerprint density at radius 1 is 0.424 bits per heavy atom. The highest BCUT2D eigenvalue weighted by Gasteiger charge is 2.30. The summed E-state index contributed by atoms with van der Waals surface area (Å²) < 4.78 is 6.94. The van der Waals surface area contributed by atoms with Gasteiger partial charge >= 0.3 is 23.9 Å². The van der Waals surface area contributed by atoms with Crippen LogP contribution in [0.1, 0.15) is 204 Å². The molecule has 9 nitrogen and oxygen atoms in total. The molecule has 0 bridgehead atoms. The lowest BCUT2D eigenvalue weighted by Crippen LogP contribution is -2.19. The van der Waals surface area contributed by atoms with Crippen molar-refractivity contribution in [1.82, 2.24) is 0 Å². The van der Waals surface area contributed by atoms with Gasteiger partial charge in [0.05, 0.1) is 22.3 Å². The molecule has 0 heterocycles. The molecular formula is C50H62O9. The number of rotatable bonds is 28. The van der Waals surface area contributed by atoms with Crippen molar-refractivity contribution in [2.24, 2.45) is 0 Å². The molecule has 0 radical (unpaired) electrons. The molecule has 0 saturated carbocycles. The van der Waals surface area contributed by atoms with Gasteiger partial charge in [-0.15, -0.1) is 0 Å². The van der Waals surface area contributed by atoms with E-state index >= 15 is 0 Å². The quantitative estimate of drug-likeness (QED) is 0.0410. The van der Waals surface area contributed by atoms with E-state index in [-0.39, 0.29) is 22.3 Å². The van der Waals surface area contributed by atoms with E-state index < -0.39 is 36.1 Å². The Morgan fingerprint density at radius 2 is 0.746 bits per heavy atom. The van der Waals surface area contributed by atoms with Crippen molar-refractivity contribution < 1.29 is 44.3 Å². The van der Waals surface area contributed by atoms with Crippen molar-refractivity contribution in [3.8, 4) is 0 Å². The summed E-state index contributed by atoms with van der Waals surface area (Å²) in [6.45, 7) is 4.40. The second-order valence-electron chi connectivity index (χ2n) is 15.7. The number of ether oxygens (including phenoxy) is 1. The van der Waals surface area contributed by atoms with Crippen LogP contribution < -0.4 is 0 Å². The zero-order valence-corrected chi connectivity index (χ0v) is 34.8. The third-order valence-corrected chi connectivity index (χ3v) is 11.1. The summed E-state index contributed by atoms with van der Waals surface area (Å²) in [6, 6.07) is 22.6. The molecule has 2 atom stereocenters. The topological polar surface area (TPSA) is 158 Å². The predicted octanol–water partition coefficient (Wildman–Crippen LogP) is 12.7. The van der Waals surface area contributed by atoms with E-state index in [2.05, 4.69) is 13.8 Å². The fraction of sp³-hybridized carbons (Fsp3) is 0.440. The first-order valence-corrected chi connectivity index (χ1v) is 21.6. The van der Waals surface area contributed by atoms with Gasteiger partial charge < -0.3 is 25.2 Å². The van der Waals surface area contributed by atoms with E-state index in [9.17, 15) is 39.6 Å². The molecule has 316 valence electrons. The average Bonchev–Trinajstić information content (AvgIpc) is 3.23. The summed E-state index contributed by atoms with van der Waals surface area (Å²) in [4.78, 5) is 49.6. The summed E-state index contributed by atoms with van der Waals surface area (Å²) in [6.07, 6.45) is 17.7. The Labute approximate surface area is 349 Å². The molecule has 2 unspecified atom stereocenters. The first-order chi connectivity index (χ1) is 28.5. The number of aromatic carboxylic acids is 4. The van der Waals surface area contributed by atoms with Crippen LogP contribution in [-0.4, -0.2) is 44.3 Å². The molecule has 4 N–H and O–H groups in total. The van der Waals surface area contributed by atoms with Crippen LogP contribution in [0.3, 0.4) is 0 Å². The Balaban J connectivity index is 1.72. The summed E-state index contributed by atoms with van der Waals surface area (Å²) >= 11 is 0. The van der Waals surface area contributed by atoms with E-state index in [1.165, 1.54) is 88.5 Å². The van der Waals surface area contributed by atoms with Crippen LogP contribution in [0.5, 0.6) is 0 Å². The molecule has 59 heavy (non-hydrogen) atoms. The third kappa shape index (κ3) is 14.5. The summed E-state index contributed by atoms with van der Waals surface area (Å²) in [5.41, 5.74) is 3.41. The highest BCUT2D eigenvalue weighted by molar-refractivity contribution is 5.91. The molecule has 0 aliphatic rings. The SMILES string of the molecule is CCCCCCCCCCc1ccc(C(OC(c2ccc(C(=O)O)cc2)c2ccc(CCCCCCCCCC)cc2C(=O)O)c2ccc(C(=O)O)cc2)c(C(=O)O)c1. The van der Waals surface area contributed by atoms with Crippen LogP contribution in [-0.2, 0) is 17.6 Å². The van der Waals surface area contributed by atoms with Gasteiger partial charge in [0.2, 0.25) is 0 Å². The number of benzene rings is 4. The average molecular weight is 807 g/mol. The van der Waals surface area contributed by atoms with Crippen molar-refractivity contribution >= 4 is 23.9 Å². The highest BCUT2D eigenvalue weighted by Crippen LogP contribution is 2.39. The largest absolute Gasteiger partial charge is 0.478 e. The zero-order chi connectivity index (χ0) is 42.6. The number of carbonyl (C=O) groups is 4. The second kappa shape index (κ2) is 24.6. The molecule has 9 heteroatoms. The summed E-state index contributed by atoms with van der Waals surface area (Å²) in [7, 11) is 0. The molecule has 4 rings (SSSR count). The lowest BCUT2D eigenvalue weighted by molar-refractivity contribution is 0.0283. The van der Waals surface area contributed by atoms with Gasteiger partial charge in [-0.05, 0) is 95.5 Å². The van der Waals surface area contributed by atoms with Gasteiger partial charge in [0.1, 0.15) is 12.2 Å². The minimum atomic E-state index is -1.16. The minimum Gasteiger partial charge on any atom is -0.478 e. The maximum Gasteiger partial charge on any atom is 0.336 e. The molecule has 4 aromatic carbocycles. The van der Waals surface area contributed by atoms with E-state index in [1.54, 1.807) is 48.5 Å². The van der Waals surface area contributed by atoms with Crippen LogP contribution in [0.4, 0.5) is 0 Å². The van der Waals surface area contributed by atoms with Crippen molar-refractivity contribution in [2.45, 2.75) is 142 Å². The number of aryl methyl sites for hydroxylation is 2. The molecular weight excluding hydrogens is 745 g/mol. The van der Waals surface area contributed by atoms with Gasteiger partial charge in [0.15, 0.2) is 0 Å². The van der Waals surface area contributed by atoms with Gasteiger partial charge in [0.25, 0.3) is 0 Å². The second-order valence-corrected chi connectivity index (χ2v) is 15.7. The van der Waals surface area contributed by atoms with E-state index in [1.807, 2.05) is 12.1 Å². The van der Waals surface area contributed by atoms with Crippen LogP contribution in [0, 0.1) is 0 Å². The fourth-order valence-electron chi connectivity index (χ4n) is 7.67. The van der Waals surface area contributed by atoms with Gasteiger partial charge in [-0.1, -0.05) is 152 Å². The van der Waals surface area contributed by atoms with Crippen molar-refractivity contribution in [3.63, 3.8) is 0 Å². The molecule has 0 aliphatic carbocycles. The van der Waals surface area contributed by atoms with E-state index in [0.717, 1.165) is 49.7 Å². The number of carboxylic acid groups (broad SMARTS) is 4. The van der Waals surface area contributed by atoms with Crippen LogP contribution in [0.25, 0.3) is 0 Å². The van der Waals surface area contributed by atoms with Gasteiger partial charge in [-0.3, -0.25) is 0 Å². The molecule has 0 aliphatic heterocycles. The number of hydrogen-bond acceptors (Lipinski definition) is 5. The Bertz CT molecular complexity index is 1810. The summed E-state index contributed by atoms with van der Waals surface area (Å²) in [5.74, 6) is -4.57. The molecule has 0 amide bonds. The third-order valence-electron chi connectivity index (χ3n) is 11.1. The lowest BCUT2D eigenvalue weighted by Gasteiger charge is -2.29. The van der Waals surface area contributed by atoms with E-state index in [4.69, 9.17) is 4.74 Å². The molecule has 0 aromatic heterocycles. The first-order valence-electron chi connectivity index (χ1n) is 21.6. The van der Waals surface area contributed by atoms with Crippen LogP contribution in [0.15, 0.2) is 84.9 Å². The van der Waals surface area contributed by atoms with Crippen LogP contribution in [0.2, 0.25) is 0 Å². The Kier molecular flexibility index (Phi) is 19.3. The standard InChI is InChI=1S/C50H62O9/c1-3-5-7-9-11-13-15-17-19-35-21-31-41(43(33-35)49(55)56)45(37-23-27-39(28-24-37)47(51)52)59-46(38-25-29-40(30-26-38)48(53)54)42-32-22-36(34-44(42)50(57)58)20-18-16-14-12-10-8-6-4-2/h21-34,45-46H,3-20H2,1-2H3,(H,51,52)(H,53,54)(H,55,56)(H,57,58). The minimum absolute atomic E-state index is 0.0218. The van der Waals surface area contributed by atoms with Crippen molar-refractivity contribution in [1.29, 1.82) is 0 Å². The van der Waals surface area contributed by atoms with Gasteiger partial charge in [-0.2, -0.15) is 0 Å². The molecule has 0 spiro atoms. The lowest BCUT2D eigenvalue weighted by atomic mass is 9.90. The fourth-order valence-corrected chi connectivity index (χ4v) is 7.67. The maximum absolute atomic E-state index is 13.0. The smallest absolute Gasteiger partial charge is 0.336 e. The molecule has 4 aromatic rings. The van der Waals surface area contributed by atoms with Gasteiger partial charge in [0, 0.05) is 0 Å². The number of hydrogen-bond donors (Lipinski definition) is 4. The maximum atomic E-state index is 13.0. The van der Waals surface area contributed by atoms with Crippen LogP contribution >= 0.6 is 0 Å². The zero-order valence-electron chi connectivity index (χ0n) is 34.8. The van der Waals surface area contributed by atoms with Crippen molar-refractivity contribution in [2.75, 3.05) is 0 Å². The first kappa shape index (κ1) is 46.4.